The molecule has 2 rings (SSSR count). The van der Waals surface area contributed by atoms with E-state index in [9.17, 15) is 0 Å². The summed E-state index contributed by atoms with van der Waals surface area (Å²) in [7, 11) is 0. The maximum atomic E-state index is 3.36. The summed E-state index contributed by atoms with van der Waals surface area (Å²) in [5, 5.41) is 3.36. The van der Waals surface area contributed by atoms with Crippen LogP contribution in [0.25, 0.3) is 0 Å². The van der Waals surface area contributed by atoms with E-state index in [-0.39, 0.29) is 0 Å². The molecule has 1 saturated heterocycles. The molecule has 0 saturated carbocycles. The Morgan fingerprint density at radius 1 is 1.00 bits per heavy atom. The molecule has 1 aliphatic heterocycles. The van der Waals surface area contributed by atoms with Gasteiger partial charge in [-0.25, -0.2) is 0 Å². The number of nitrogens with one attached hydrogen (secondary N) is 1. The normalized spacial score (nSPS) is 16.9. The highest BCUT2D eigenvalue weighted by Crippen LogP contribution is 2.19. The van der Waals surface area contributed by atoms with E-state index < -0.39 is 0 Å². The van der Waals surface area contributed by atoms with Crippen molar-refractivity contribution < 1.29 is 0 Å². The van der Waals surface area contributed by atoms with Crippen LogP contribution in [-0.2, 0) is 6.54 Å². The van der Waals surface area contributed by atoms with Gasteiger partial charge in [-0.05, 0) is 37.1 Å². The second-order valence-corrected chi connectivity index (χ2v) is 4.85. The third-order valence-corrected chi connectivity index (χ3v) is 3.49. The highest BCUT2D eigenvalue weighted by Gasteiger charge is 2.09. The first kappa shape index (κ1) is 12.4. The standard InChI is InChI=1S/C15H24N2/c1-2-16-13-14-7-9-15(10-8-14)17-11-5-3-4-6-12-17/h7-10,16H,2-6,11-13H2,1H3. The lowest BCUT2D eigenvalue weighted by molar-refractivity contribution is 0.726. The molecule has 0 bridgehead atoms. The van der Waals surface area contributed by atoms with Crippen LogP contribution >= 0.6 is 0 Å². The number of hydrogen-bond acceptors (Lipinski definition) is 2. The summed E-state index contributed by atoms with van der Waals surface area (Å²) in [6.45, 7) is 6.62. The van der Waals surface area contributed by atoms with Gasteiger partial charge in [-0.15, -0.1) is 0 Å². The van der Waals surface area contributed by atoms with Crippen molar-refractivity contribution in [2.45, 2.75) is 39.2 Å². The van der Waals surface area contributed by atoms with E-state index in [0.717, 1.165) is 13.1 Å². The number of benzene rings is 1. The van der Waals surface area contributed by atoms with Crippen LogP contribution in [0.5, 0.6) is 0 Å². The molecular weight excluding hydrogens is 208 g/mol. The van der Waals surface area contributed by atoms with Crippen LogP contribution in [0.1, 0.15) is 38.2 Å². The fourth-order valence-corrected chi connectivity index (χ4v) is 2.42. The molecule has 94 valence electrons. The van der Waals surface area contributed by atoms with Crippen molar-refractivity contribution in [3.05, 3.63) is 29.8 Å². The smallest absolute Gasteiger partial charge is 0.0366 e. The molecule has 0 aliphatic carbocycles. The monoisotopic (exact) mass is 232 g/mol. The van der Waals surface area contributed by atoms with Gasteiger partial charge >= 0.3 is 0 Å². The Balaban J connectivity index is 1.96. The molecule has 0 amide bonds. The quantitative estimate of drug-likeness (QED) is 0.857. The van der Waals surface area contributed by atoms with Gasteiger partial charge in [-0.2, -0.15) is 0 Å². The van der Waals surface area contributed by atoms with E-state index in [2.05, 4.69) is 41.4 Å². The lowest BCUT2D eigenvalue weighted by atomic mass is 10.2. The molecule has 0 spiro atoms. The second kappa shape index (κ2) is 6.65. The van der Waals surface area contributed by atoms with E-state index >= 15 is 0 Å². The van der Waals surface area contributed by atoms with Crippen LogP contribution in [0.2, 0.25) is 0 Å². The first-order chi connectivity index (χ1) is 8.40. The van der Waals surface area contributed by atoms with Gasteiger partial charge in [0.25, 0.3) is 0 Å². The number of anilines is 1. The Bertz CT molecular complexity index is 310. The molecule has 0 radical (unpaired) electrons. The number of rotatable bonds is 4. The van der Waals surface area contributed by atoms with E-state index in [1.807, 2.05) is 0 Å². The zero-order chi connectivity index (χ0) is 11.9. The first-order valence-corrected chi connectivity index (χ1v) is 6.95. The van der Waals surface area contributed by atoms with Gasteiger partial charge < -0.3 is 10.2 Å². The molecule has 2 nitrogen and oxygen atoms in total. The molecule has 0 unspecified atom stereocenters. The van der Waals surface area contributed by atoms with Gasteiger partial charge in [-0.3, -0.25) is 0 Å². The largest absolute Gasteiger partial charge is 0.372 e. The highest BCUT2D eigenvalue weighted by molar-refractivity contribution is 5.47. The van der Waals surface area contributed by atoms with Crippen LogP contribution in [-0.4, -0.2) is 19.6 Å². The van der Waals surface area contributed by atoms with Crippen LogP contribution in [0.4, 0.5) is 5.69 Å². The molecule has 0 atom stereocenters. The van der Waals surface area contributed by atoms with Gasteiger partial charge in [0.1, 0.15) is 0 Å². The molecule has 1 N–H and O–H groups in total. The first-order valence-electron chi connectivity index (χ1n) is 6.95. The minimum absolute atomic E-state index is 0.983. The second-order valence-electron chi connectivity index (χ2n) is 4.85. The Morgan fingerprint density at radius 3 is 2.24 bits per heavy atom. The lowest BCUT2D eigenvalue weighted by Crippen LogP contribution is -2.23. The van der Waals surface area contributed by atoms with Crippen molar-refractivity contribution in [2.24, 2.45) is 0 Å². The molecule has 1 aliphatic rings. The van der Waals surface area contributed by atoms with Gasteiger partial charge in [0.05, 0.1) is 0 Å². The zero-order valence-corrected chi connectivity index (χ0v) is 10.9. The van der Waals surface area contributed by atoms with Crippen molar-refractivity contribution in [2.75, 3.05) is 24.5 Å². The van der Waals surface area contributed by atoms with Gasteiger partial charge in [-0.1, -0.05) is 31.9 Å². The molecule has 2 heteroatoms. The van der Waals surface area contributed by atoms with Crippen molar-refractivity contribution in [3.63, 3.8) is 0 Å². The molecule has 1 fully saturated rings. The third-order valence-electron chi connectivity index (χ3n) is 3.49. The fourth-order valence-electron chi connectivity index (χ4n) is 2.42. The highest BCUT2D eigenvalue weighted by atomic mass is 15.1. The molecule has 17 heavy (non-hydrogen) atoms. The number of hydrogen-bond donors (Lipinski definition) is 1. The molecule has 1 heterocycles. The van der Waals surface area contributed by atoms with E-state index in [0.29, 0.717) is 0 Å². The zero-order valence-electron chi connectivity index (χ0n) is 10.9. The topological polar surface area (TPSA) is 15.3 Å². The van der Waals surface area contributed by atoms with Gasteiger partial charge in [0, 0.05) is 25.3 Å². The SMILES string of the molecule is CCNCc1ccc(N2CCCCCC2)cc1. The van der Waals surface area contributed by atoms with Gasteiger partial charge in [0.15, 0.2) is 0 Å². The average molecular weight is 232 g/mol. The maximum absolute atomic E-state index is 3.36. The Labute approximate surface area is 105 Å². The molecule has 1 aromatic rings. The van der Waals surface area contributed by atoms with Crippen molar-refractivity contribution in [1.82, 2.24) is 5.32 Å². The summed E-state index contributed by atoms with van der Waals surface area (Å²) < 4.78 is 0. The Morgan fingerprint density at radius 2 is 1.65 bits per heavy atom. The molecule has 1 aromatic carbocycles. The van der Waals surface area contributed by atoms with Crippen molar-refractivity contribution >= 4 is 5.69 Å². The molecule has 0 aromatic heterocycles. The summed E-state index contributed by atoms with van der Waals surface area (Å²) in [5.74, 6) is 0. The molecular formula is C15H24N2. The summed E-state index contributed by atoms with van der Waals surface area (Å²) in [4.78, 5) is 2.53. The van der Waals surface area contributed by atoms with Crippen LogP contribution in [0, 0.1) is 0 Å². The van der Waals surface area contributed by atoms with E-state index in [1.54, 1.807) is 0 Å². The predicted octanol–water partition coefficient (Wildman–Crippen LogP) is 3.18. The Hall–Kier alpha value is -1.02. The van der Waals surface area contributed by atoms with Crippen LogP contribution in [0.3, 0.4) is 0 Å². The summed E-state index contributed by atoms with van der Waals surface area (Å²) >= 11 is 0. The lowest BCUT2D eigenvalue weighted by Gasteiger charge is -2.22. The third kappa shape index (κ3) is 3.74. The van der Waals surface area contributed by atoms with E-state index in [1.165, 1.54) is 50.0 Å². The van der Waals surface area contributed by atoms with Crippen molar-refractivity contribution in [3.8, 4) is 0 Å². The fraction of sp³-hybridized carbons (Fsp3) is 0.600. The van der Waals surface area contributed by atoms with Crippen LogP contribution < -0.4 is 10.2 Å². The summed E-state index contributed by atoms with van der Waals surface area (Å²) in [6, 6.07) is 9.06. The summed E-state index contributed by atoms with van der Waals surface area (Å²) in [5.41, 5.74) is 2.78. The minimum atomic E-state index is 0.983. The Kier molecular flexibility index (Phi) is 4.87. The number of nitrogens with zero attached hydrogens (tertiary/aromatic N) is 1. The minimum Gasteiger partial charge on any atom is -0.372 e. The predicted molar refractivity (Wildman–Crippen MR) is 74.5 cm³/mol. The van der Waals surface area contributed by atoms with E-state index in [4.69, 9.17) is 0 Å². The van der Waals surface area contributed by atoms with Crippen molar-refractivity contribution in [1.29, 1.82) is 0 Å². The maximum Gasteiger partial charge on any atom is 0.0366 e. The van der Waals surface area contributed by atoms with Crippen LogP contribution in [0.15, 0.2) is 24.3 Å². The average Bonchev–Trinajstić information content (AvgIpc) is 2.66. The summed E-state index contributed by atoms with van der Waals surface area (Å²) in [6.07, 6.45) is 5.49. The van der Waals surface area contributed by atoms with Gasteiger partial charge in [0.2, 0.25) is 0 Å².